The van der Waals surface area contributed by atoms with Crippen molar-refractivity contribution in [3.8, 4) is 0 Å². The summed E-state index contributed by atoms with van der Waals surface area (Å²) in [6.45, 7) is 4.15. The van der Waals surface area contributed by atoms with Crippen molar-refractivity contribution >= 4 is 11.7 Å². The first-order valence-electron chi connectivity index (χ1n) is 6.24. The fourth-order valence-corrected chi connectivity index (χ4v) is 2.49. The van der Waals surface area contributed by atoms with Crippen LogP contribution in [0.4, 0.5) is 5.82 Å². The van der Waals surface area contributed by atoms with Gasteiger partial charge in [-0.05, 0) is 33.1 Å². The summed E-state index contributed by atoms with van der Waals surface area (Å²) in [5.74, 6) is 5.61. The van der Waals surface area contributed by atoms with Crippen LogP contribution in [0.25, 0.3) is 0 Å². The van der Waals surface area contributed by atoms with Crippen molar-refractivity contribution < 1.29 is 4.79 Å². The topological polar surface area (TPSA) is 84.1 Å². The van der Waals surface area contributed by atoms with E-state index in [1.165, 1.54) is 18.8 Å². The SMILES string of the molecule is CC1CCCC(C)N1C(=O)c1cncc(NN)n1. The molecule has 1 aliphatic rings. The molecular weight excluding hydrogens is 230 g/mol. The smallest absolute Gasteiger partial charge is 0.274 e. The van der Waals surface area contributed by atoms with Gasteiger partial charge < -0.3 is 10.3 Å². The van der Waals surface area contributed by atoms with Gasteiger partial charge in [-0.3, -0.25) is 9.78 Å². The van der Waals surface area contributed by atoms with Crippen molar-refractivity contribution in [2.45, 2.75) is 45.2 Å². The first-order chi connectivity index (χ1) is 8.63. The van der Waals surface area contributed by atoms with Gasteiger partial charge >= 0.3 is 0 Å². The van der Waals surface area contributed by atoms with E-state index in [2.05, 4.69) is 29.2 Å². The molecule has 1 aromatic heterocycles. The summed E-state index contributed by atoms with van der Waals surface area (Å²) in [5.41, 5.74) is 2.74. The number of nitrogens with one attached hydrogen (secondary N) is 1. The summed E-state index contributed by atoms with van der Waals surface area (Å²) >= 11 is 0. The van der Waals surface area contributed by atoms with Crippen LogP contribution in [0.1, 0.15) is 43.6 Å². The van der Waals surface area contributed by atoms with Crippen molar-refractivity contribution in [1.29, 1.82) is 0 Å². The molecule has 0 saturated carbocycles. The van der Waals surface area contributed by atoms with Crippen LogP contribution >= 0.6 is 0 Å². The van der Waals surface area contributed by atoms with Gasteiger partial charge in [0.15, 0.2) is 5.82 Å². The van der Waals surface area contributed by atoms with E-state index in [-0.39, 0.29) is 18.0 Å². The van der Waals surface area contributed by atoms with Crippen LogP contribution in [0.15, 0.2) is 12.4 Å². The molecule has 2 atom stereocenters. The molecule has 2 unspecified atom stereocenters. The van der Waals surface area contributed by atoms with E-state index in [9.17, 15) is 4.79 Å². The molecule has 6 nitrogen and oxygen atoms in total. The third kappa shape index (κ3) is 2.43. The number of aromatic nitrogens is 2. The maximum atomic E-state index is 12.4. The molecule has 2 rings (SSSR count). The zero-order valence-corrected chi connectivity index (χ0v) is 10.8. The fraction of sp³-hybridized carbons (Fsp3) is 0.583. The van der Waals surface area contributed by atoms with Gasteiger partial charge in [0.2, 0.25) is 0 Å². The van der Waals surface area contributed by atoms with Gasteiger partial charge in [-0.15, -0.1) is 0 Å². The van der Waals surface area contributed by atoms with Crippen LogP contribution in [0.3, 0.4) is 0 Å². The summed E-state index contributed by atoms with van der Waals surface area (Å²) < 4.78 is 0. The Morgan fingerprint density at radius 3 is 2.67 bits per heavy atom. The number of likely N-dealkylation sites (tertiary alicyclic amines) is 1. The largest absolute Gasteiger partial charge is 0.332 e. The number of amides is 1. The normalized spacial score (nSPS) is 23.8. The summed E-state index contributed by atoms with van der Waals surface area (Å²) in [5, 5.41) is 0. The maximum Gasteiger partial charge on any atom is 0.274 e. The minimum Gasteiger partial charge on any atom is -0.332 e. The van der Waals surface area contributed by atoms with Gasteiger partial charge in [0, 0.05) is 12.1 Å². The van der Waals surface area contributed by atoms with Crippen LogP contribution in [-0.2, 0) is 0 Å². The molecule has 2 heterocycles. The molecule has 1 aliphatic heterocycles. The molecule has 1 saturated heterocycles. The molecule has 0 radical (unpaired) electrons. The predicted molar refractivity (Wildman–Crippen MR) is 68.8 cm³/mol. The quantitative estimate of drug-likeness (QED) is 0.607. The molecule has 0 aromatic carbocycles. The Morgan fingerprint density at radius 2 is 2.06 bits per heavy atom. The number of nitrogen functional groups attached to an aromatic ring is 1. The lowest BCUT2D eigenvalue weighted by atomic mass is 9.97. The van der Waals surface area contributed by atoms with E-state index in [1.807, 2.05) is 4.90 Å². The Hall–Kier alpha value is -1.69. The highest BCUT2D eigenvalue weighted by Crippen LogP contribution is 2.24. The number of nitrogens with two attached hydrogens (primary N) is 1. The van der Waals surface area contributed by atoms with Crippen molar-refractivity contribution in [2.75, 3.05) is 5.43 Å². The van der Waals surface area contributed by atoms with Crippen LogP contribution in [0.2, 0.25) is 0 Å². The second kappa shape index (κ2) is 5.30. The molecule has 1 amide bonds. The van der Waals surface area contributed by atoms with E-state index in [4.69, 9.17) is 5.84 Å². The third-order valence-electron chi connectivity index (χ3n) is 3.43. The second-order valence-electron chi connectivity index (χ2n) is 4.78. The monoisotopic (exact) mass is 249 g/mol. The Morgan fingerprint density at radius 1 is 1.39 bits per heavy atom. The fourth-order valence-electron chi connectivity index (χ4n) is 2.49. The average Bonchev–Trinajstić information content (AvgIpc) is 2.38. The van der Waals surface area contributed by atoms with Gasteiger partial charge in [-0.1, -0.05) is 0 Å². The molecule has 0 aliphatic carbocycles. The standard InChI is InChI=1S/C12H19N5O/c1-8-4-3-5-9(2)17(8)12(18)10-6-14-7-11(15-10)16-13/h6-9H,3-5,13H2,1-2H3,(H,15,16). The minimum atomic E-state index is -0.0701. The highest BCUT2D eigenvalue weighted by molar-refractivity contribution is 5.92. The van der Waals surface area contributed by atoms with Crippen LogP contribution in [0.5, 0.6) is 0 Å². The number of carbonyl (C=O) groups excluding carboxylic acids is 1. The highest BCUT2D eigenvalue weighted by atomic mass is 16.2. The lowest BCUT2D eigenvalue weighted by Crippen LogP contribution is -2.47. The van der Waals surface area contributed by atoms with Gasteiger partial charge in [0.1, 0.15) is 5.69 Å². The Balaban J connectivity index is 2.23. The minimum absolute atomic E-state index is 0.0701. The molecule has 0 bridgehead atoms. The number of piperidine rings is 1. The van der Waals surface area contributed by atoms with Crippen LogP contribution in [0, 0.1) is 0 Å². The number of hydrazine groups is 1. The number of hydrogen-bond donors (Lipinski definition) is 2. The number of rotatable bonds is 2. The van der Waals surface area contributed by atoms with E-state index in [0.717, 1.165) is 12.8 Å². The third-order valence-corrected chi connectivity index (χ3v) is 3.43. The second-order valence-corrected chi connectivity index (χ2v) is 4.78. The highest BCUT2D eigenvalue weighted by Gasteiger charge is 2.30. The van der Waals surface area contributed by atoms with Crippen LogP contribution < -0.4 is 11.3 Å². The van der Waals surface area contributed by atoms with Crippen molar-refractivity contribution in [2.24, 2.45) is 5.84 Å². The maximum absolute atomic E-state index is 12.4. The van der Waals surface area contributed by atoms with Gasteiger partial charge in [-0.2, -0.15) is 0 Å². The molecular formula is C12H19N5O. The van der Waals surface area contributed by atoms with E-state index < -0.39 is 0 Å². The molecule has 98 valence electrons. The van der Waals surface area contributed by atoms with E-state index >= 15 is 0 Å². The van der Waals surface area contributed by atoms with Gasteiger partial charge in [0.25, 0.3) is 5.91 Å². The molecule has 6 heteroatoms. The molecule has 18 heavy (non-hydrogen) atoms. The predicted octanol–water partition coefficient (Wildman–Crippen LogP) is 1.17. The van der Waals surface area contributed by atoms with Crippen molar-refractivity contribution in [3.63, 3.8) is 0 Å². The summed E-state index contributed by atoms with van der Waals surface area (Å²) in [4.78, 5) is 22.5. The summed E-state index contributed by atoms with van der Waals surface area (Å²) in [6, 6.07) is 0.495. The summed E-state index contributed by atoms with van der Waals surface area (Å²) in [6.07, 6.45) is 6.22. The molecule has 0 spiro atoms. The van der Waals surface area contributed by atoms with E-state index in [1.54, 1.807) is 0 Å². The number of carbonyl (C=O) groups is 1. The average molecular weight is 249 g/mol. The van der Waals surface area contributed by atoms with Crippen LogP contribution in [-0.4, -0.2) is 32.9 Å². The Kier molecular flexibility index (Phi) is 3.76. The lowest BCUT2D eigenvalue weighted by Gasteiger charge is -2.38. The van der Waals surface area contributed by atoms with Crippen molar-refractivity contribution in [3.05, 3.63) is 18.1 Å². The number of nitrogens with zero attached hydrogens (tertiary/aromatic N) is 3. The first-order valence-corrected chi connectivity index (χ1v) is 6.24. The van der Waals surface area contributed by atoms with Gasteiger partial charge in [-0.25, -0.2) is 10.8 Å². The number of anilines is 1. The van der Waals surface area contributed by atoms with E-state index in [0.29, 0.717) is 11.5 Å². The molecule has 3 N–H and O–H groups in total. The number of hydrogen-bond acceptors (Lipinski definition) is 5. The summed E-state index contributed by atoms with van der Waals surface area (Å²) in [7, 11) is 0. The Bertz CT molecular complexity index is 426. The van der Waals surface area contributed by atoms with Crippen molar-refractivity contribution in [1.82, 2.24) is 14.9 Å². The zero-order valence-electron chi connectivity index (χ0n) is 10.8. The zero-order chi connectivity index (χ0) is 13.1. The Labute approximate surface area is 107 Å². The van der Waals surface area contributed by atoms with Gasteiger partial charge in [0.05, 0.1) is 12.4 Å². The molecule has 1 aromatic rings. The molecule has 1 fully saturated rings. The first kappa shape index (κ1) is 12.8. The lowest BCUT2D eigenvalue weighted by molar-refractivity contribution is 0.0504.